The summed E-state index contributed by atoms with van der Waals surface area (Å²) in [6.45, 7) is 0. The van der Waals surface area contributed by atoms with Gasteiger partial charge in [0.2, 0.25) is 5.95 Å². The molecule has 1 saturated carbocycles. The molecule has 0 aliphatic heterocycles. The lowest BCUT2D eigenvalue weighted by molar-refractivity contribution is 0.182. The Balaban J connectivity index is 1.63. The van der Waals surface area contributed by atoms with Crippen molar-refractivity contribution in [3.05, 3.63) is 53.9 Å². The number of nitrogens with one attached hydrogen (secondary N) is 1. The Bertz CT molecular complexity index is 643. The van der Waals surface area contributed by atoms with Crippen LogP contribution in [0.3, 0.4) is 0 Å². The van der Waals surface area contributed by atoms with Gasteiger partial charge in [-0.2, -0.15) is 0 Å². The van der Waals surface area contributed by atoms with E-state index in [9.17, 15) is 5.11 Å². The lowest BCUT2D eigenvalue weighted by Crippen LogP contribution is -2.18. The van der Waals surface area contributed by atoms with Gasteiger partial charge in [-0.25, -0.2) is 9.97 Å². The van der Waals surface area contributed by atoms with Crippen LogP contribution in [0.5, 0.6) is 0 Å². The first-order valence-electron chi connectivity index (χ1n) is 7.13. The van der Waals surface area contributed by atoms with E-state index in [1.54, 1.807) is 12.4 Å². The minimum atomic E-state index is -0.196. The van der Waals surface area contributed by atoms with Crippen molar-refractivity contribution in [1.29, 1.82) is 0 Å². The number of aliphatic hydroxyl groups excluding tert-OH is 1. The van der Waals surface area contributed by atoms with Crippen LogP contribution in [0.15, 0.2) is 42.7 Å². The molecule has 4 heteroatoms. The fraction of sp³-hybridized carbons (Fsp3) is 0.294. The second-order valence-corrected chi connectivity index (χ2v) is 5.22. The molecular formula is C17H17N3O. The molecule has 2 unspecified atom stereocenters. The van der Waals surface area contributed by atoms with Crippen LogP contribution in [0, 0.1) is 11.8 Å². The smallest absolute Gasteiger partial charge is 0.222 e. The molecule has 1 aliphatic carbocycles. The summed E-state index contributed by atoms with van der Waals surface area (Å²) < 4.78 is 0. The quantitative estimate of drug-likeness (QED) is 0.827. The maximum atomic E-state index is 9.50. The summed E-state index contributed by atoms with van der Waals surface area (Å²) in [5, 5.41) is 12.7. The monoisotopic (exact) mass is 279 g/mol. The number of hydrogen-bond acceptors (Lipinski definition) is 4. The summed E-state index contributed by atoms with van der Waals surface area (Å²) in [6.07, 6.45) is 5.81. The predicted octanol–water partition coefficient (Wildman–Crippen LogP) is 2.20. The molecule has 2 aromatic rings. The van der Waals surface area contributed by atoms with Gasteiger partial charge in [0.05, 0.1) is 11.7 Å². The number of aliphatic hydroxyl groups is 1. The molecule has 3 rings (SSSR count). The summed E-state index contributed by atoms with van der Waals surface area (Å²) in [7, 11) is 0. The van der Waals surface area contributed by atoms with Gasteiger partial charge in [0, 0.05) is 24.0 Å². The molecule has 4 nitrogen and oxygen atoms in total. The van der Waals surface area contributed by atoms with Crippen molar-refractivity contribution in [2.75, 3.05) is 5.32 Å². The standard InChI is InChI=1S/C17H17N3O/c21-16-9-8-15(10-16)20-17-18-11-14(12-19-17)7-6-13-4-2-1-3-5-13/h1-5,11-12,15-16,21H,8-10H2,(H,18,19,20). The predicted molar refractivity (Wildman–Crippen MR) is 81.7 cm³/mol. The number of aromatic nitrogens is 2. The van der Waals surface area contributed by atoms with E-state index in [1.165, 1.54) is 0 Å². The van der Waals surface area contributed by atoms with Crippen molar-refractivity contribution < 1.29 is 5.11 Å². The fourth-order valence-corrected chi connectivity index (χ4v) is 2.40. The molecule has 1 heterocycles. The van der Waals surface area contributed by atoms with E-state index in [0.29, 0.717) is 5.95 Å². The number of nitrogens with zero attached hydrogens (tertiary/aromatic N) is 2. The molecule has 2 N–H and O–H groups in total. The zero-order valence-corrected chi connectivity index (χ0v) is 11.7. The average Bonchev–Trinajstić information content (AvgIpc) is 2.93. The maximum absolute atomic E-state index is 9.50. The highest BCUT2D eigenvalue weighted by atomic mass is 16.3. The highest BCUT2D eigenvalue weighted by Crippen LogP contribution is 2.21. The Morgan fingerprint density at radius 2 is 1.71 bits per heavy atom. The normalized spacial score (nSPS) is 20.6. The number of hydrogen-bond donors (Lipinski definition) is 2. The van der Waals surface area contributed by atoms with E-state index in [2.05, 4.69) is 27.1 Å². The van der Waals surface area contributed by atoms with Crippen LogP contribution >= 0.6 is 0 Å². The Morgan fingerprint density at radius 1 is 1.00 bits per heavy atom. The molecule has 0 saturated heterocycles. The van der Waals surface area contributed by atoms with Gasteiger partial charge in [0.15, 0.2) is 0 Å². The number of benzene rings is 1. The molecule has 0 amide bonds. The summed E-state index contributed by atoms with van der Waals surface area (Å²) >= 11 is 0. The second kappa shape index (κ2) is 6.38. The van der Waals surface area contributed by atoms with Crippen molar-refractivity contribution >= 4 is 5.95 Å². The Kier molecular flexibility index (Phi) is 4.13. The molecule has 1 aromatic carbocycles. The maximum Gasteiger partial charge on any atom is 0.222 e. The van der Waals surface area contributed by atoms with Crippen LogP contribution in [0.2, 0.25) is 0 Å². The van der Waals surface area contributed by atoms with Crippen LogP contribution < -0.4 is 5.32 Å². The lowest BCUT2D eigenvalue weighted by atomic mass is 10.2. The molecule has 0 radical (unpaired) electrons. The first-order chi connectivity index (χ1) is 10.3. The van der Waals surface area contributed by atoms with E-state index >= 15 is 0 Å². The lowest BCUT2D eigenvalue weighted by Gasteiger charge is -2.11. The van der Waals surface area contributed by atoms with E-state index < -0.39 is 0 Å². The highest BCUT2D eigenvalue weighted by Gasteiger charge is 2.22. The minimum absolute atomic E-state index is 0.196. The van der Waals surface area contributed by atoms with Gasteiger partial charge in [-0.1, -0.05) is 30.0 Å². The minimum Gasteiger partial charge on any atom is -0.393 e. The van der Waals surface area contributed by atoms with Crippen LogP contribution in [0.25, 0.3) is 0 Å². The Labute approximate surface area is 124 Å². The van der Waals surface area contributed by atoms with Crippen LogP contribution in [0.4, 0.5) is 5.95 Å². The van der Waals surface area contributed by atoms with Gasteiger partial charge in [-0.3, -0.25) is 0 Å². The molecule has 0 bridgehead atoms. The molecule has 0 spiro atoms. The van der Waals surface area contributed by atoms with E-state index in [4.69, 9.17) is 0 Å². The SMILES string of the molecule is OC1CCC(Nc2ncc(C#Cc3ccccc3)cn2)C1. The highest BCUT2D eigenvalue weighted by molar-refractivity contribution is 5.42. The summed E-state index contributed by atoms with van der Waals surface area (Å²) in [4.78, 5) is 8.55. The molecule has 1 aliphatic rings. The van der Waals surface area contributed by atoms with Gasteiger partial charge in [-0.15, -0.1) is 0 Å². The van der Waals surface area contributed by atoms with Crippen LogP contribution in [0.1, 0.15) is 30.4 Å². The van der Waals surface area contributed by atoms with Gasteiger partial charge in [-0.05, 0) is 31.4 Å². The van der Waals surface area contributed by atoms with Crippen molar-refractivity contribution in [2.24, 2.45) is 0 Å². The van der Waals surface area contributed by atoms with Crippen LogP contribution in [-0.2, 0) is 0 Å². The van der Waals surface area contributed by atoms with Crippen molar-refractivity contribution in [3.63, 3.8) is 0 Å². The first kappa shape index (κ1) is 13.6. The molecular weight excluding hydrogens is 262 g/mol. The molecule has 1 aromatic heterocycles. The van der Waals surface area contributed by atoms with Gasteiger partial charge < -0.3 is 10.4 Å². The summed E-state index contributed by atoms with van der Waals surface area (Å²) in [5.41, 5.74) is 1.76. The summed E-state index contributed by atoms with van der Waals surface area (Å²) in [6, 6.07) is 10.1. The number of rotatable bonds is 2. The zero-order valence-electron chi connectivity index (χ0n) is 11.7. The van der Waals surface area contributed by atoms with Crippen molar-refractivity contribution in [3.8, 4) is 11.8 Å². The third-order valence-corrected chi connectivity index (χ3v) is 3.51. The number of anilines is 1. The fourth-order valence-electron chi connectivity index (χ4n) is 2.40. The average molecular weight is 279 g/mol. The van der Waals surface area contributed by atoms with Crippen LogP contribution in [-0.4, -0.2) is 27.2 Å². The molecule has 21 heavy (non-hydrogen) atoms. The van der Waals surface area contributed by atoms with Crippen molar-refractivity contribution in [1.82, 2.24) is 9.97 Å². The third kappa shape index (κ3) is 3.80. The van der Waals surface area contributed by atoms with Gasteiger partial charge >= 0.3 is 0 Å². The Morgan fingerprint density at radius 3 is 2.38 bits per heavy atom. The third-order valence-electron chi connectivity index (χ3n) is 3.51. The Hall–Kier alpha value is -2.38. The zero-order chi connectivity index (χ0) is 14.5. The first-order valence-corrected chi connectivity index (χ1v) is 7.13. The molecule has 106 valence electrons. The second-order valence-electron chi connectivity index (χ2n) is 5.22. The van der Waals surface area contributed by atoms with Crippen molar-refractivity contribution in [2.45, 2.75) is 31.4 Å². The molecule has 2 atom stereocenters. The van der Waals surface area contributed by atoms with E-state index in [1.807, 2.05) is 30.3 Å². The largest absolute Gasteiger partial charge is 0.393 e. The topological polar surface area (TPSA) is 58.0 Å². The van der Waals surface area contributed by atoms with E-state index in [0.717, 1.165) is 30.4 Å². The molecule has 1 fully saturated rings. The van der Waals surface area contributed by atoms with Gasteiger partial charge in [0.25, 0.3) is 0 Å². The summed E-state index contributed by atoms with van der Waals surface area (Å²) in [5.74, 6) is 6.72. The van der Waals surface area contributed by atoms with Gasteiger partial charge in [0.1, 0.15) is 0 Å². The van der Waals surface area contributed by atoms with E-state index in [-0.39, 0.29) is 12.1 Å².